The number of nitrogens with one attached hydrogen (secondary N) is 1. The van der Waals surface area contributed by atoms with E-state index in [0.717, 1.165) is 6.54 Å². The summed E-state index contributed by atoms with van der Waals surface area (Å²) in [5.74, 6) is 0. The van der Waals surface area contributed by atoms with Gasteiger partial charge in [-0.1, -0.05) is 13.8 Å². The van der Waals surface area contributed by atoms with Gasteiger partial charge in [-0.15, -0.1) is 0 Å². The van der Waals surface area contributed by atoms with E-state index < -0.39 is 0 Å². The van der Waals surface area contributed by atoms with E-state index >= 15 is 0 Å². The molecule has 2 atom stereocenters. The Kier molecular flexibility index (Phi) is 4.35. The van der Waals surface area contributed by atoms with Gasteiger partial charge in [-0.3, -0.25) is 4.90 Å². The van der Waals surface area contributed by atoms with Gasteiger partial charge in [-0.2, -0.15) is 0 Å². The van der Waals surface area contributed by atoms with E-state index in [1.807, 2.05) is 0 Å². The molecule has 84 valence electrons. The van der Waals surface area contributed by atoms with Crippen LogP contribution in [0, 0.1) is 0 Å². The first kappa shape index (κ1) is 12.0. The van der Waals surface area contributed by atoms with Crippen molar-refractivity contribution in [2.45, 2.75) is 38.9 Å². The van der Waals surface area contributed by atoms with Gasteiger partial charge < -0.3 is 10.2 Å². The molecule has 0 bridgehead atoms. The van der Waals surface area contributed by atoms with Crippen LogP contribution in [0.3, 0.4) is 0 Å². The molecule has 0 saturated carbocycles. The van der Waals surface area contributed by atoms with Crippen LogP contribution in [0.2, 0.25) is 0 Å². The van der Waals surface area contributed by atoms with Crippen molar-refractivity contribution in [3.8, 4) is 0 Å². The summed E-state index contributed by atoms with van der Waals surface area (Å²) in [7, 11) is 4.45. The van der Waals surface area contributed by atoms with Gasteiger partial charge in [0.15, 0.2) is 0 Å². The Hall–Kier alpha value is -0.120. The molecule has 1 aliphatic heterocycles. The number of likely N-dealkylation sites (N-methyl/N-ethyl adjacent to an activating group) is 2. The van der Waals surface area contributed by atoms with Crippen LogP contribution in [0.5, 0.6) is 0 Å². The summed E-state index contributed by atoms with van der Waals surface area (Å²) in [6.07, 6.45) is 0. The van der Waals surface area contributed by atoms with Crippen molar-refractivity contribution < 1.29 is 0 Å². The summed E-state index contributed by atoms with van der Waals surface area (Å²) < 4.78 is 0. The highest BCUT2D eigenvalue weighted by Gasteiger charge is 2.28. The number of hydrogen-bond donors (Lipinski definition) is 1. The molecular formula is C11H25N3. The van der Waals surface area contributed by atoms with Crippen LogP contribution in [0.4, 0.5) is 0 Å². The van der Waals surface area contributed by atoms with Crippen molar-refractivity contribution in [2.24, 2.45) is 0 Å². The lowest BCUT2D eigenvalue weighted by atomic mass is 10.0. The molecule has 0 radical (unpaired) electrons. The molecule has 1 N–H and O–H groups in total. The van der Waals surface area contributed by atoms with E-state index in [-0.39, 0.29) is 0 Å². The van der Waals surface area contributed by atoms with Crippen LogP contribution in [0.15, 0.2) is 0 Å². The minimum atomic E-state index is 0.586. The first-order valence-electron chi connectivity index (χ1n) is 5.66. The van der Waals surface area contributed by atoms with Gasteiger partial charge in [0, 0.05) is 37.8 Å². The molecule has 1 rings (SSSR count). The molecule has 0 aromatic heterocycles. The van der Waals surface area contributed by atoms with Crippen molar-refractivity contribution in [1.82, 2.24) is 15.1 Å². The number of nitrogens with zero attached hydrogens (tertiary/aromatic N) is 2. The average molecular weight is 199 g/mol. The second kappa shape index (κ2) is 5.10. The molecule has 1 aliphatic rings. The van der Waals surface area contributed by atoms with Gasteiger partial charge in [0.1, 0.15) is 0 Å². The molecule has 0 aromatic carbocycles. The topological polar surface area (TPSA) is 18.5 Å². The van der Waals surface area contributed by atoms with Crippen LogP contribution in [0.1, 0.15) is 20.8 Å². The molecule has 14 heavy (non-hydrogen) atoms. The summed E-state index contributed by atoms with van der Waals surface area (Å²) in [4.78, 5) is 4.92. The third-order valence-corrected chi connectivity index (χ3v) is 3.36. The highest BCUT2D eigenvalue weighted by atomic mass is 15.3. The first-order valence-corrected chi connectivity index (χ1v) is 5.66. The van der Waals surface area contributed by atoms with E-state index in [1.165, 1.54) is 13.1 Å². The Morgan fingerprint density at radius 2 is 1.79 bits per heavy atom. The molecule has 0 spiro atoms. The number of hydrogen-bond acceptors (Lipinski definition) is 3. The molecule has 0 amide bonds. The lowest BCUT2D eigenvalue weighted by Gasteiger charge is -2.43. The second-order valence-electron chi connectivity index (χ2n) is 4.83. The zero-order valence-corrected chi connectivity index (χ0v) is 10.2. The maximum absolute atomic E-state index is 3.53. The van der Waals surface area contributed by atoms with Crippen LogP contribution in [-0.4, -0.2) is 61.7 Å². The monoisotopic (exact) mass is 199 g/mol. The predicted molar refractivity (Wildman–Crippen MR) is 61.6 cm³/mol. The summed E-state index contributed by atoms with van der Waals surface area (Å²) in [5, 5.41) is 3.53. The molecule has 1 saturated heterocycles. The molecule has 0 aliphatic carbocycles. The van der Waals surface area contributed by atoms with E-state index in [1.54, 1.807) is 0 Å². The maximum Gasteiger partial charge on any atom is 0.0371 e. The van der Waals surface area contributed by atoms with Crippen LogP contribution in [0.25, 0.3) is 0 Å². The largest absolute Gasteiger partial charge is 0.313 e. The minimum Gasteiger partial charge on any atom is -0.313 e. The summed E-state index contributed by atoms with van der Waals surface area (Å²) in [6, 6.07) is 1.89. The smallest absolute Gasteiger partial charge is 0.0371 e. The second-order valence-corrected chi connectivity index (χ2v) is 4.83. The SMILES string of the molecule is CC(C)NCC1C(C)N(C)CCN1C. The van der Waals surface area contributed by atoms with Gasteiger partial charge in [0.2, 0.25) is 0 Å². The minimum absolute atomic E-state index is 0.586. The molecule has 0 aromatic rings. The number of rotatable bonds is 3. The first-order chi connectivity index (χ1) is 6.52. The summed E-state index contributed by atoms with van der Waals surface area (Å²) in [5.41, 5.74) is 0. The van der Waals surface area contributed by atoms with Gasteiger partial charge in [0.05, 0.1) is 0 Å². The fraction of sp³-hybridized carbons (Fsp3) is 1.00. The number of piperazine rings is 1. The fourth-order valence-corrected chi connectivity index (χ4v) is 2.03. The molecular weight excluding hydrogens is 174 g/mol. The summed E-state index contributed by atoms with van der Waals surface area (Å²) >= 11 is 0. The molecule has 2 unspecified atom stereocenters. The standard InChI is InChI=1S/C11H25N3/c1-9(2)12-8-11-10(3)13(4)6-7-14(11)5/h9-12H,6-8H2,1-5H3. The van der Waals surface area contributed by atoms with Crippen molar-refractivity contribution in [3.63, 3.8) is 0 Å². The zero-order valence-electron chi connectivity index (χ0n) is 10.2. The Bertz CT molecular complexity index is 170. The third kappa shape index (κ3) is 2.94. The quantitative estimate of drug-likeness (QED) is 0.719. The van der Waals surface area contributed by atoms with E-state index in [4.69, 9.17) is 0 Å². The fourth-order valence-electron chi connectivity index (χ4n) is 2.03. The van der Waals surface area contributed by atoms with Gasteiger partial charge in [-0.05, 0) is 21.0 Å². The van der Waals surface area contributed by atoms with Crippen molar-refractivity contribution >= 4 is 0 Å². The predicted octanol–water partition coefficient (Wildman–Crippen LogP) is 0.619. The maximum atomic E-state index is 3.53. The van der Waals surface area contributed by atoms with E-state index in [2.05, 4.69) is 50.0 Å². The van der Waals surface area contributed by atoms with Crippen LogP contribution in [-0.2, 0) is 0 Å². The molecule has 1 fully saturated rings. The Morgan fingerprint density at radius 1 is 1.21 bits per heavy atom. The summed E-state index contributed by atoms with van der Waals surface area (Å²) in [6.45, 7) is 10.2. The average Bonchev–Trinajstić information content (AvgIpc) is 2.11. The van der Waals surface area contributed by atoms with Crippen LogP contribution >= 0.6 is 0 Å². The van der Waals surface area contributed by atoms with Gasteiger partial charge >= 0.3 is 0 Å². The highest BCUT2D eigenvalue weighted by Crippen LogP contribution is 2.13. The molecule has 3 heteroatoms. The highest BCUT2D eigenvalue weighted by molar-refractivity contribution is 4.87. The Labute approximate surface area is 88.5 Å². The lowest BCUT2D eigenvalue weighted by molar-refractivity contribution is 0.0609. The third-order valence-electron chi connectivity index (χ3n) is 3.36. The molecule has 1 heterocycles. The normalized spacial score (nSPS) is 31.3. The van der Waals surface area contributed by atoms with Crippen molar-refractivity contribution in [2.75, 3.05) is 33.7 Å². The Balaban J connectivity index is 2.45. The lowest BCUT2D eigenvalue weighted by Crippen LogP contribution is -2.59. The van der Waals surface area contributed by atoms with Crippen LogP contribution < -0.4 is 5.32 Å². The van der Waals surface area contributed by atoms with Gasteiger partial charge in [0.25, 0.3) is 0 Å². The van der Waals surface area contributed by atoms with Crippen molar-refractivity contribution in [3.05, 3.63) is 0 Å². The van der Waals surface area contributed by atoms with E-state index in [0.29, 0.717) is 18.1 Å². The van der Waals surface area contributed by atoms with E-state index in [9.17, 15) is 0 Å². The zero-order chi connectivity index (χ0) is 10.7. The van der Waals surface area contributed by atoms with Crippen molar-refractivity contribution in [1.29, 1.82) is 0 Å². The Morgan fingerprint density at radius 3 is 2.36 bits per heavy atom. The molecule has 3 nitrogen and oxygen atoms in total. The van der Waals surface area contributed by atoms with Gasteiger partial charge in [-0.25, -0.2) is 0 Å².